The molecule has 5 heteroatoms. The summed E-state index contributed by atoms with van der Waals surface area (Å²) in [6, 6.07) is 4.48. The molecule has 0 aliphatic carbocycles. The van der Waals surface area contributed by atoms with Crippen LogP contribution in [-0.2, 0) is 6.54 Å². The van der Waals surface area contributed by atoms with Crippen LogP contribution in [0.5, 0.6) is 0 Å². The van der Waals surface area contributed by atoms with Crippen molar-refractivity contribution in [1.82, 2.24) is 19.6 Å². The van der Waals surface area contributed by atoms with E-state index in [1.54, 1.807) is 0 Å². The number of aromatic nitrogens is 2. The van der Waals surface area contributed by atoms with E-state index >= 15 is 0 Å². The van der Waals surface area contributed by atoms with Crippen molar-refractivity contribution in [2.75, 3.05) is 20.1 Å². The minimum Gasteiger partial charge on any atom is -0.310 e. The first-order valence-electron chi connectivity index (χ1n) is 7.26. The third-order valence-corrected chi connectivity index (χ3v) is 4.30. The van der Waals surface area contributed by atoms with Crippen LogP contribution < -0.4 is 5.32 Å². The van der Waals surface area contributed by atoms with E-state index in [1.165, 1.54) is 25.8 Å². The zero-order chi connectivity index (χ0) is 13.9. The number of fused-ring (bicyclic) bond motifs is 1. The third-order valence-electron chi connectivity index (χ3n) is 4.07. The number of imidazole rings is 1. The van der Waals surface area contributed by atoms with Crippen molar-refractivity contribution in [3.05, 3.63) is 35.2 Å². The first-order valence-corrected chi connectivity index (χ1v) is 7.64. The molecule has 3 rings (SSSR count). The smallest absolute Gasteiger partial charge is 0.137 e. The Bertz CT molecular complexity index is 580. The minimum absolute atomic E-state index is 0.662. The molecule has 1 aliphatic rings. The molecule has 1 fully saturated rings. The standard InChI is InChI=1S/C15H21ClN4/c1-19-7-3-2-4-14(19)9-17-8-13-11-20-10-12(16)5-6-15(20)18-13/h5-6,10-11,14,17H,2-4,7-9H2,1H3. The van der Waals surface area contributed by atoms with Crippen LogP contribution in [0.25, 0.3) is 5.65 Å². The second-order valence-electron chi connectivity index (χ2n) is 5.61. The van der Waals surface area contributed by atoms with E-state index in [2.05, 4.69) is 22.2 Å². The summed E-state index contributed by atoms with van der Waals surface area (Å²) in [6.45, 7) is 3.06. The predicted molar refractivity (Wildman–Crippen MR) is 82.2 cm³/mol. The number of nitrogens with one attached hydrogen (secondary N) is 1. The summed E-state index contributed by atoms with van der Waals surface area (Å²) in [6.07, 6.45) is 7.91. The molecule has 0 aromatic carbocycles. The van der Waals surface area contributed by atoms with Gasteiger partial charge in [0.15, 0.2) is 0 Å². The van der Waals surface area contributed by atoms with E-state index in [4.69, 9.17) is 11.6 Å². The van der Waals surface area contributed by atoms with Gasteiger partial charge in [-0.15, -0.1) is 0 Å². The molecule has 0 amide bonds. The lowest BCUT2D eigenvalue weighted by atomic mass is 10.0. The van der Waals surface area contributed by atoms with Gasteiger partial charge in [0.1, 0.15) is 5.65 Å². The number of halogens is 1. The summed E-state index contributed by atoms with van der Waals surface area (Å²) < 4.78 is 1.98. The van der Waals surface area contributed by atoms with Gasteiger partial charge < -0.3 is 14.6 Å². The number of hydrogen-bond donors (Lipinski definition) is 1. The average Bonchev–Trinajstić information content (AvgIpc) is 2.83. The van der Waals surface area contributed by atoms with Gasteiger partial charge in [-0.25, -0.2) is 4.98 Å². The highest BCUT2D eigenvalue weighted by molar-refractivity contribution is 6.30. The Hall–Kier alpha value is -1.10. The maximum Gasteiger partial charge on any atom is 0.137 e. The van der Waals surface area contributed by atoms with Crippen LogP contribution in [0.15, 0.2) is 24.5 Å². The van der Waals surface area contributed by atoms with E-state index < -0.39 is 0 Å². The fourth-order valence-corrected chi connectivity index (χ4v) is 3.04. The molecule has 1 atom stereocenters. The van der Waals surface area contributed by atoms with Crippen LogP contribution in [0.1, 0.15) is 25.0 Å². The van der Waals surface area contributed by atoms with Gasteiger partial charge in [-0.2, -0.15) is 0 Å². The molecular weight excluding hydrogens is 272 g/mol. The molecule has 0 saturated carbocycles. The van der Waals surface area contributed by atoms with Gasteiger partial charge in [-0.1, -0.05) is 18.0 Å². The van der Waals surface area contributed by atoms with Crippen molar-refractivity contribution in [3.63, 3.8) is 0 Å². The summed E-state index contributed by atoms with van der Waals surface area (Å²) in [5, 5.41) is 4.26. The van der Waals surface area contributed by atoms with E-state index in [0.29, 0.717) is 6.04 Å². The van der Waals surface area contributed by atoms with Crippen molar-refractivity contribution >= 4 is 17.2 Å². The van der Waals surface area contributed by atoms with Gasteiger partial charge in [-0.05, 0) is 38.6 Å². The van der Waals surface area contributed by atoms with Gasteiger partial charge in [0.2, 0.25) is 0 Å². The molecule has 0 radical (unpaired) electrons. The summed E-state index contributed by atoms with van der Waals surface area (Å²) in [5.41, 5.74) is 2.01. The fourth-order valence-electron chi connectivity index (χ4n) is 2.87. The van der Waals surface area contributed by atoms with E-state index in [0.717, 1.165) is 29.5 Å². The summed E-state index contributed by atoms with van der Waals surface area (Å²) in [7, 11) is 2.22. The quantitative estimate of drug-likeness (QED) is 0.940. The maximum absolute atomic E-state index is 5.98. The molecule has 0 spiro atoms. The molecule has 3 heterocycles. The summed E-state index contributed by atoms with van der Waals surface area (Å²) >= 11 is 5.98. The molecule has 2 aromatic heterocycles. The molecule has 20 heavy (non-hydrogen) atoms. The number of likely N-dealkylation sites (N-methyl/N-ethyl adjacent to an activating group) is 1. The van der Waals surface area contributed by atoms with E-state index in [9.17, 15) is 0 Å². The highest BCUT2D eigenvalue weighted by Gasteiger charge is 2.18. The lowest BCUT2D eigenvalue weighted by molar-refractivity contribution is 0.181. The zero-order valence-electron chi connectivity index (χ0n) is 11.8. The van der Waals surface area contributed by atoms with Crippen molar-refractivity contribution in [3.8, 4) is 0 Å². The van der Waals surface area contributed by atoms with Gasteiger partial charge in [0.25, 0.3) is 0 Å². The number of likely N-dealkylation sites (tertiary alicyclic amines) is 1. The Morgan fingerprint density at radius 3 is 3.10 bits per heavy atom. The van der Waals surface area contributed by atoms with Crippen LogP contribution in [0.3, 0.4) is 0 Å². The number of hydrogen-bond acceptors (Lipinski definition) is 3. The molecule has 1 saturated heterocycles. The van der Waals surface area contributed by atoms with Crippen LogP contribution in [0, 0.1) is 0 Å². The molecule has 0 bridgehead atoms. The summed E-state index contributed by atoms with van der Waals surface area (Å²) in [5.74, 6) is 0. The zero-order valence-corrected chi connectivity index (χ0v) is 12.6. The second-order valence-corrected chi connectivity index (χ2v) is 6.04. The highest BCUT2D eigenvalue weighted by atomic mass is 35.5. The van der Waals surface area contributed by atoms with Crippen LogP contribution in [-0.4, -0.2) is 40.5 Å². The van der Waals surface area contributed by atoms with Gasteiger partial charge in [0.05, 0.1) is 10.7 Å². The Morgan fingerprint density at radius 2 is 2.25 bits per heavy atom. The maximum atomic E-state index is 5.98. The highest BCUT2D eigenvalue weighted by Crippen LogP contribution is 2.14. The molecule has 1 N–H and O–H groups in total. The molecule has 108 valence electrons. The van der Waals surface area contributed by atoms with Crippen LogP contribution in [0.4, 0.5) is 0 Å². The molecule has 2 aromatic rings. The summed E-state index contributed by atoms with van der Waals surface area (Å²) in [4.78, 5) is 7.04. The Kier molecular flexibility index (Phi) is 4.24. The Morgan fingerprint density at radius 1 is 1.35 bits per heavy atom. The third kappa shape index (κ3) is 3.14. The molecular formula is C15H21ClN4. The number of piperidine rings is 1. The fraction of sp³-hybridized carbons (Fsp3) is 0.533. The number of pyridine rings is 1. The topological polar surface area (TPSA) is 32.6 Å². The number of nitrogens with zero attached hydrogens (tertiary/aromatic N) is 3. The van der Waals surface area contributed by atoms with E-state index in [1.807, 2.05) is 28.9 Å². The van der Waals surface area contributed by atoms with Gasteiger partial charge in [-0.3, -0.25) is 0 Å². The molecule has 1 unspecified atom stereocenters. The first kappa shape index (κ1) is 13.9. The second kappa shape index (κ2) is 6.12. The van der Waals surface area contributed by atoms with Crippen LogP contribution in [0.2, 0.25) is 5.02 Å². The molecule has 4 nitrogen and oxygen atoms in total. The van der Waals surface area contributed by atoms with Gasteiger partial charge in [0, 0.05) is 31.5 Å². The lowest BCUT2D eigenvalue weighted by Crippen LogP contribution is -2.42. The van der Waals surface area contributed by atoms with Gasteiger partial charge >= 0.3 is 0 Å². The monoisotopic (exact) mass is 292 g/mol. The van der Waals surface area contributed by atoms with Crippen LogP contribution >= 0.6 is 11.6 Å². The largest absolute Gasteiger partial charge is 0.310 e. The SMILES string of the molecule is CN1CCCCC1CNCc1cn2cc(Cl)ccc2n1. The Balaban J connectivity index is 1.57. The first-order chi connectivity index (χ1) is 9.72. The Labute approximate surface area is 124 Å². The van der Waals surface area contributed by atoms with Crippen molar-refractivity contribution in [2.45, 2.75) is 31.8 Å². The van der Waals surface area contributed by atoms with Crippen molar-refractivity contribution in [1.29, 1.82) is 0 Å². The normalized spacial score (nSPS) is 20.6. The average molecular weight is 293 g/mol. The lowest BCUT2D eigenvalue weighted by Gasteiger charge is -2.32. The van der Waals surface area contributed by atoms with E-state index in [-0.39, 0.29) is 0 Å². The predicted octanol–water partition coefficient (Wildman–Crippen LogP) is 2.56. The number of rotatable bonds is 4. The van der Waals surface area contributed by atoms with Crippen molar-refractivity contribution in [2.24, 2.45) is 0 Å². The molecule has 1 aliphatic heterocycles. The van der Waals surface area contributed by atoms with Crippen molar-refractivity contribution < 1.29 is 0 Å². The minimum atomic E-state index is 0.662.